The van der Waals surface area contributed by atoms with Gasteiger partial charge in [-0.1, -0.05) is 15.9 Å². The van der Waals surface area contributed by atoms with Crippen LogP contribution in [0, 0.1) is 0 Å². The van der Waals surface area contributed by atoms with Crippen molar-refractivity contribution in [3.05, 3.63) is 52.3 Å². The smallest absolute Gasteiger partial charge is 0.231 e. The van der Waals surface area contributed by atoms with Crippen LogP contribution >= 0.6 is 15.9 Å². The summed E-state index contributed by atoms with van der Waals surface area (Å²) in [5.41, 5.74) is 2.44. The lowest BCUT2D eigenvalue weighted by molar-refractivity contribution is 0.0692. The quantitative estimate of drug-likeness (QED) is 0.562. The summed E-state index contributed by atoms with van der Waals surface area (Å²) in [5, 5.41) is 0. The molecule has 3 rings (SSSR count). The molecule has 5 nitrogen and oxygen atoms in total. The van der Waals surface area contributed by atoms with Crippen LogP contribution in [-0.4, -0.2) is 35.9 Å². The third-order valence-corrected chi connectivity index (χ3v) is 4.90. The average molecular weight is 421 g/mol. The number of ether oxygens (including phenoxy) is 3. The minimum atomic E-state index is 0.270. The van der Waals surface area contributed by atoms with Crippen LogP contribution in [0.2, 0.25) is 0 Å². The number of benzene rings is 1. The standard InChI is InChI=1S/C20H25BrN2O3/c1-15(2)24-9-3-8-23(12-16-4-6-22-7-5-16)13-17-10-19-20(11-18(17)21)26-14-25-19/h4-7,10-11,15H,3,8-9,12-14H2,1-2H3. The van der Waals surface area contributed by atoms with Crippen molar-refractivity contribution in [3.63, 3.8) is 0 Å². The van der Waals surface area contributed by atoms with Crippen molar-refractivity contribution in [2.24, 2.45) is 0 Å². The molecule has 0 aliphatic carbocycles. The highest BCUT2D eigenvalue weighted by Crippen LogP contribution is 2.37. The third kappa shape index (κ3) is 5.43. The van der Waals surface area contributed by atoms with Crippen LogP contribution in [0.25, 0.3) is 0 Å². The first-order valence-electron chi connectivity index (χ1n) is 8.92. The van der Waals surface area contributed by atoms with Crippen LogP contribution in [0.1, 0.15) is 31.4 Å². The predicted octanol–water partition coefficient (Wildman–Crippen LogP) is 4.39. The molecule has 1 aromatic carbocycles. The average Bonchev–Trinajstić information content (AvgIpc) is 3.06. The summed E-state index contributed by atoms with van der Waals surface area (Å²) in [6, 6.07) is 8.18. The van der Waals surface area contributed by atoms with Gasteiger partial charge in [0, 0.05) is 43.1 Å². The van der Waals surface area contributed by atoms with Gasteiger partial charge in [0.25, 0.3) is 0 Å². The van der Waals surface area contributed by atoms with Crippen molar-refractivity contribution in [3.8, 4) is 11.5 Å². The summed E-state index contributed by atoms with van der Waals surface area (Å²) in [4.78, 5) is 6.53. The predicted molar refractivity (Wildman–Crippen MR) is 104 cm³/mol. The fraction of sp³-hybridized carbons (Fsp3) is 0.450. The summed E-state index contributed by atoms with van der Waals surface area (Å²) in [6.07, 6.45) is 4.94. The Kier molecular flexibility index (Phi) is 6.88. The van der Waals surface area contributed by atoms with Crippen LogP contribution < -0.4 is 9.47 Å². The Morgan fingerprint density at radius 1 is 1.15 bits per heavy atom. The molecule has 0 saturated carbocycles. The summed E-state index contributed by atoms with van der Waals surface area (Å²) < 4.78 is 17.7. The number of pyridine rings is 1. The lowest BCUT2D eigenvalue weighted by Gasteiger charge is -2.23. The van der Waals surface area contributed by atoms with E-state index in [9.17, 15) is 0 Å². The Morgan fingerprint density at radius 3 is 2.62 bits per heavy atom. The van der Waals surface area contributed by atoms with Gasteiger partial charge in [-0.15, -0.1) is 0 Å². The second kappa shape index (κ2) is 9.35. The van der Waals surface area contributed by atoms with E-state index < -0.39 is 0 Å². The number of fused-ring (bicyclic) bond motifs is 1. The van der Waals surface area contributed by atoms with Gasteiger partial charge in [0.15, 0.2) is 11.5 Å². The maximum absolute atomic E-state index is 5.69. The fourth-order valence-electron chi connectivity index (χ4n) is 2.89. The zero-order valence-corrected chi connectivity index (χ0v) is 16.9. The molecule has 0 N–H and O–H groups in total. The number of rotatable bonds is 9. The van der Waals surface area contributed by atoms with Crippen LogP contribution in [-0.2, 0) is 17.8 Å². The van der Waals surface area contributed by atoms with Crippen molar-refractivity contribution >= 4 is 15.9 Å². The van der Waals surface area contributed by atoms with Gasteiger partial charge in [0.1, 0.15) is 0 Å². The molecule has 2 aromatic rings. The van der Waals surface area contributed by atoms with E-state index in [0.29, 0.717) is 6.79 Å². The molecule has 0 atom stereocenters. The van der Waals surface area contributed by atoms with E-state index in [1.54, 1.807) is 0 Å². The van der Waals surface area contributed by atoms with Gasteiger partial charge in [-0.05, 0) is 55.7 Å². The first kappa shape index (κ1) is 19.1. The molecule has 1 aromatic heterocycles. The second-order valence-electron chi connectivity index (χ2n) is 6.64. The van der Waals surface area contributed by atoms with Gasteiger partial charge in [0.2, 0.25) is 6.79 Å². The van der Waals surface area contributed by atoms with E-state index in [1.165, 1.54) is 11.1 Å². The van der Waals surface area contributed by atoms with Gasteiger partial charge in [0.05, 0.1) is 6.10 Å². The van der Waals surface area contributed by atoms with E-state index in [4.69, 9.17) is 14.2 Å². The molecular formula is C20H25BrN2O3. The zero-order chi connectivity index (χ0) is 18.4. The van der Waals surface area contributed by atoms with Crippen LogP contribution in [0.4, 0.5) is 0 Å². The number of halogens is 1. The molecule has 0 unspecified atom stereocenters. The molecule has 0 fully saturated rings. The van der Waals surface area contributed by atoms with Gasteiger partial charge < -0.3 is 14.2 Å². The first-order chi connectivity index (χ1) is 12.6. The molecule has 2 heterocycles. The molecule has 26 heavy (non-hydrogen) atoms. The topological polar surface area (TPSA) is 43.8 Å². The summed E-state index contributed by atoms with van der Waals surface area (Å²) in [7, 11) is 0. The monoisotopic (exact) mass is 420 g/mol. The number of hydrogen-bond donors (Lipinski definition) is 0. The van der Waals surface area contributed by atoms with Crippen molar-refractivity contribution < 1.29 is 14.2 Å². The van der Waals surface area contributed by atoms with Crippen molar-refractivity contribution in [2.75, 3.05) is 19.9 Å². The minimum Gasteiger partial charge on any atom is -0.454 e. The van der Waals surface area contributed by atoms with Crippen molar-refractivity contribution in [1.29, 1.82) is 0 Å². The molecule has 140 valence electrons. The molecule has 0 saturated heterocycles. The number of hydrogen-bond acceptors (Lipinski definition) is 5. The van der Waals surface area contributed by atoms with Crippen LogP contribution in [0.5, 0.6) is 11.5 Å². The van der Waals surface area contributed by atoms with Crippen molar-refractivity contribution in [2.45, 2.75) is 39.5 Å². The molecule has 0 amide bonds. The molecule has 6 heteroatoms. The largest absolute Gasteiger partial charge is 0.454 e. The lowest BCUT2D eigenvalue weighted by atomic mass is 10.1. The third-order valence-electron chi connectivity index (χ3n) is 4.16. The van der Waals surface area contributed by atoms with Crippen LogP contribution in [0.3, 0.4) is 0 Å². The SMILES string of the molecule is CC(C)OCCCN(Cc1ccncc1)Cc1cc2c(cc1Br)OCO2. The van der Waals surface area contributed by atoms with Gasteiger partial charge in [-0.2, -0.15) is 0 Å². The summed E-state index contributed by atoms with van der Waals surface area (Å²) in [6.45, 7) is 7.84. The van der Waals surface area contributed by atoms with Gasteiger partial charge >= 0.3 is 0 Å². The highest BCUT2D eigenvalue weighted by atomic mass is 79.9. The van der Waals surface area contributed by atoms with E-state index in [-0.39, 0.29) is 6.10 Å². The number of aromatic nitrogens is 1. The lowest BCUT2D eigenvalue weighted by Crippen LogP contribution is -2.25. The Hall–Kier alpha value is -1.63. The van der Waals surface area contributed by atoms with Crippen molar-refractivity contribution in [1.82, 2.24) is 9.88 Å². The highest BCUT2D eigenvalue weighted by molar-refractivity contribution is 9.10. The maximum Gasteiger partial charge on any atom is 0.231 e. The molecular weight excluding hydrogens is 396 g/mol. The normalized spacial score (nSPS) is 13.0. The van der Waals surface area contributed by atoms with E-state index >= 15 is 0 Å². The van der Waals surface area contributed by atoms with E-state index in [1.807, 2.05) is 18.5 Å². The Balaban J connectivity index is 1.68. The number of nitrogens with zero attached hydrogens (tertiary/aromatic N) is 2. The van der Waals surface area contributed by atoms with Gasteiger partial charge in [-0.3, -0.25) is 9.88 Å². The highest BCUT2D eigenvalue weighted by Gasteiger charge is 2.18. The van der Waals surface area contributed by atoms with Gasteiger partial charge in [-0.25, -0.2) is 0 Å². The first-order valence-corrected chi connectivity index (χ1v) is 9.72. The Bertz CT molecular complexity index is 710. The van der Waals surface area contributed by atoms with E-state index in [2.05, 4.69) is 57.9 Å². The second-order valence-corrected chi connectivity index (χ2v) is 7.49. The molecule has 1 aliphatic rings. The molecule has 0 spiro atoms. The van der Waals surface area contributed by atoms with Crippen LogP contribution in [0.15, 0.2) is 41.1 Å². The Morgan fingerprint density at radius 2 is 1.88 bits per heavy atom. The van der Waals surface area contributed by atoms with E-state index in [0.717, 1.165) is 48.6 Å². The fourth-order valence-corrected chi connectivity index (χ4v) is 3.34. The summed E-state index contributed by atoms with van der Waals surface area (Å²) >= 11 is 3.67. The molecule has 0 radical (unpaired) electrons. The molecule has 1 aliphatic heterocycles. The Labute approximate surface area is 163 Å². The summed E-state index contributed by atoms with van der Waals surface area (Å²) in [5.74, 6) is 1.61. The minimum absolute atomic E-state index is 0.270. The molecule has 0 bridgehead atoms. The maximum atomic E-state index is 5.69. The zero-order valence-electron chi connectivity index (χ0n) is 15.3.